The lowest BCUT2D eigenvalue weighted by molar-refractivity contribution is -0.140. The summed E-state index contributed by atoms with van der Waals surface area (Å²) in [7, 11) is 0. The van der Waals surface area contributed by atoms with Crippen LogP contribution in [0.1, 0.15) is 12.1 Å². The quantitative estimate of drug-likeness (QED) is 0.889. The number of rotatable bonds is 5. The molecule has 1 unspecified atom stereocenters. The third-order valence-electron chi connectivity index (χ3n) is 3.61. The standard InChI is InChI=1S/C15H16N2O4S2/c18-13(17-2-4-22-9-12(17)6-14(19)20)5-11-8-23-15(16-11)10-1-3-21-7-10/h1,3,7-8,12H,2,4-6,9H2,(H,19,20). The van der Waals surface area contributed by atoms with Crippen molar-refractivity contribution >= 4 is 35.0 Å². The van der Waals surface area contributed by atoms with E-state index in [0.717, 1.165) is 16.3 Å². The van der Waals surface area contributed by atoms with Crippen molar-refractivity contribution < 1.29 is 19.1 Å². The minimum Gasteiger partial charge on any atom is -0.481 e. The molecule has 0 spiro atoms. The highest BCUT2D eigenvalue weighted by Gasteiger charge is 2.29. The second-order valence-corrected chi connectivity index (χ2v) is 7.25. The molecular formula is C15H16N2O4S2. The van der Waals surface area contributed by atoms with E-state index >= 15 is 0 Å². The molecule has 0 aromatic carbocycles. The molecule has 2 aromatic heterocycles. The van der Waals surface area contributed by atoms with Gasteiger partial charge in [-0.3, -0.25) is 9.59 Å². The first-order chi connectivity index (χ1) is 11.1. The van der Waals surface area contributed by atoms with E-state index in [1.807, 2.05) is 11.4 Å². The Kier molecular flexibility index (Phi) is 5.02. The van der Waals surface area contributed by atoms with Gasteiger partial charge in [0.15, 0.2) is 0 Å². The van der Waals surface area contributed by atoms with E-state index in [1.54, 1.807) is 29.2 Å². The molecule has 3 rings (SSSR count). The van der Waals surface area contributed by atoms with Crippen LogP contribution in [0.4, 0.5) is 0 Å². The molecule has 1 aliphatic rings. The van der Waals surface area contributed by atoms with Crippen LogP contribution in [-0.2, 0) is 16.0 Å². The maximum atomic E-state index is 12.5. The Labute approximate surface area is 141 Å². The molecule has 2 aromatic rings. The number of thioether (sulfide) groups is 1. The van der Waals surface area contributed by atoms with E-state index in [-0.39, 0.29) is 24.8 Å². The molecule has 1 fully saturated rings. The van der Waals surface area contributed by atoms with Gasteiger partial charge in [0.2, 0.25) is 5.91 Å². The zero-order valence-corrected chi connectivity index (χ0v) is 13.9. The Morgan fingerprint density at radius 1 is 1.48 bits per heavy atom. The number of nitrogens with zero attached hydrogens (tertiary/aromatic N) is 2. The van der Waals surface area contributed by atoms with E-state index in [9.17, 15) is 9.59 Å². The van der Waals surface area contributed by atoms with E-state index in [2.05, 4.69) is 4.98 Å². The summed E-state index contributed by atoms with van der Waals surface area (Å²) in [5.41, 5.74) is 1.61. The number of thiazole rings is 1. The van der Waals surface area contributed by atoms with Crippen LogP contribution in [0.3, 0.4) is 0 Å². The van der Waals surface area contributed by atoms with Crippen LogP contribution >= 0.6 is 23.1 Å². The SMILES string of the molecule is O=C(O)CC1CSCCN1C(=O)Cc1csc(-c2ccoc2)n1. The minimum atomic E-state index is -0.869. The van der Waals surface area contributed by atoms with Gasteiger partial charge in [-0.05, 0) is 6.07 Å². The van der Waals surface area contributed by atoms with Crippen LogP contribution in [0, 0.1) is 0 Å². The van der Waals surface area contributed by atoms with Crippen LogP contribution < -0.4 is 0 Å². The molecule has 0 bridgehead atoms. The molecule has 1 saturated heterocycles. The number of aliphatic carboxylic acids is 1. The molecule has 122 valence electrons. The third-order valence-corrected chi connectivity index (χ3v) is 5.64. The van der Waals surface area contributed by atoms with Crippen LogP contribution in [0.2, 0.25) is 0 Å². The molecule has 23 heavy (non-hydrogen) atoms. The highest BCUT2D eigenvalue weighted by Crippen LogP contribution is 2.25. The topological polar surface area (TPSA) is 83.6 Å². The van der Waals surface area contributed by atoms with E-state index < -0.39 is 5.97 Å². The zero-order valence-electron chi connectivity index (χ0n) is 12.3. The molecular weight excluding hydrogens is 336 g/mol. The van der Waals surface area contributed by atoms with E-state index in [4.69, 9.17) is 9.52 Å². The van der Waals surface area contributed by atoms with Gasteiger partial charge in [-0.1, -0.05) is 0 Å². The molecule has 1 atom stereocenters. The average molecular weight is 352 g/mol. The van der Waals surface area contributed by atoms with Gasteiger partial charge in [0.1, 0.15) is 11.3 Å². The fourth-order valence-corrected chi connectivity index (χ4v) is 4.39. The van der Waals surface area contributed by atoms with E-state index in [0.29, 0.717) is 18.0 Å². The van der Waals surface area contributed by atoms with Crippen molar-refractivity contribution in [3.05, 3.63) is 29.7 Å². The molecule has 1 N–H and O–H groups in total. The van der Waals surface area contributed by atoms with Gasteiger partial charge in [-0.25, -0.2) is 4.98 Å². The third kappa shape index (κ3) is 3.94. The average Bonchev–Trinajstić information content (AvgIpc) is 3.17. The molecule has 8 heteroatoms. The summed E-state index contributed by atoms with van der Waals surface area (Å²) >= 11 is 3.16. The molecule has 0 aliphatic carbocycles. The number of furan rings is 1. The first-order valence-corrected chi connectivity index (χ1v) is 9.23. The Morgan fingerprint density at radius 2 is 2.35 bits per heavy atom. The first kappa shape index (κ1) is 16.1. The molecule has 0 radical (unpaired) electrons. The summed E-state index contributed by atoms with van der Waals surface area (Å²) < 4.78 is 5.04. The highest BCUT2D eigenvalue weighted by atomic mass is 32.2. The molecule has 6 nitrogen and oxygen atoms in total. The normalized spacial score (nSPS) is 18.1. The number of aromatic nitrogens is 1. The lowest BCUT2D eigenvalue weighted by Gasteiger charge is -2.34. The predicted octanol–water partition coefficient (Wildman–Crippen LogP) is 2.36. The largest absolute Gasteiger partial charge is 0.481 e. The second kappa shape index (κ2) is 7.18. The monoisotopic (exact) mass is 352 g/mol. The summed E-state index contributed by atoms with van der Waals surface area (Å²) in [6.07, 6.45) is 3.41. The Morgan fingerprint density at radius 3 is 3.09 bits per heavy atom. The summed E-state index contributed by atoms with van der Waals surface area (Å²) in [6, 6.07) is 1.60. The number of carboxylic acid groups (broad SMARTS) is 1. The van der Waals surface area contributed by atoms with Gasteiger partial charge in [0.05, 0.1) is 30.8 Å². The van der Waals surface area contributed by atoms with Gasteiger partial charge < -0.3 is 14.4 Å². The maximum Gasteiger partial charge on any atom is 0.305 e. The summed E-state index contributed by atoms with van der Waals surface area (Å²) in [5, 5.41) is 11.7. The van der Waals surface area contributed by atoms with Gasteiger partial charge >= 0.3 is 5.97 Å². The highest BCUT2D eigenvalue weighted by molar-refractivity contribution is 7.99. The summed E-state index contributed by atoms with van der Waals surface area (Å²) in [5.74, 6) is 0.598. The van der Waals surface area contributed by atoms with Gasteiger partial charge in [-0.2, -0.15) is 11.8 Å². The minimum absolute atomic E-state index is 0.00389. The number of carbonyl (C=O) groups excluding carboxylic acids is 1. The lowest BCUT2D eigenvalue weighted by atomic mass is 10.1. The smallest absolute Gasteiger partial charge is 0.305 e. The molecule has 1 amide bonds. The number of hydrogen-bond acceptors (Lipinski definition) is 6. The van der Waals surface area contributed by atoms with Crippen molar-refractivity contribution in [3.8, 4) is 10.6 Å². The number of amides is 1. The van der Waals surface area contributed by atoms with Gasteiger partial charge in [0, 0.05) is 29.0 Å². The van der Waals surface area contributed by atoms with Crippen LogP contribution in [0.15, 0.2) is 28.4 Å². The fraction of sp³-hybridized carbons (Fsp3) is 0.400. The predicted molar refractivity (Wildman–Crippen MR) is 88.6 cm³/mol. The van der Waals surface area contributed by atoms with E-state index in [1.165, 1.54) is 11.3 Å². The van der Waals surface area contributed by atoms with Crippen molar-refractivity contribution in [1.82, 2.24) is 9.88 Å². The fourth-order valence-electron chi connectivity index (χ4n) is 2.52. The Hall–Kier alpha value is -1.80. The van der Waals surface area contributed by atoms with Crippen molar-refractivity contribution in [2.75, 3.05) is 18.1 Å². The molecule has 3 heterocycles. The lowest BCUT2D eigenvalue weighted by Crippen LogP contribution is -2.47. The number of carboxylic acids is 1. The van der Waals surface area contributed by atoms with Crippen molar-refractivity contribution in [2.24, 2.45) is 0 Å². The Balaban J connectivity index is 1.67. The first-order valence-electron chi connectivity index (χ1n) is 7.19. The molecule has 1 aliphatic heterocycles. The zero-order chi connectivity index (χ0) is 16.2. The van der Waals surface area contributed by atoms with Crippen molar-refractivity contribution in [2.45, 2.75) is 18.9 Å². The van der Waals surface area contributed by atoms with Crippen LogP contribution in [0.25, 0.3) is 10.6 Å². The van der Waals surface area contributed by atoms with Crippen LogP contribution in [-0.4, -0.2) is 51.0 Å². The summed E-state index contributed by atoms with van der Waals surface area (Å²) in [4.78, 5) is 29.6. The van der Waals surface area contributed by atoms with Gasteiger partial charge in [0.25, 0.3) is 0 Å². The summed E-state index contributed by atoms with van der Waals surface area (Å²) in [6.45, 7) is 0.597. The Bertz CT molecular complexity index is 683. The number of carbonyl (C=O) groups is 2. The second-order valence-electron chi connectivity index (χ2n) is 5.25. The van der Waals surface area contributed by atoms with Crippen LogP contribution in [0.5, 0.6) is 0 Å². The van der Waals surface area contributed by atoms with Gasteiger partial charge in [-0.15, -0.1) is 11.3 Å². The maximum absolute atomic E-state index is 12.5. The van der Waals surface area contributed by atoms with Crippen molar-refractivity contribution in [3.63, 3.8) is 0 Å². The number of hydrogen-bond donors (Lipinski definition) is 1. The van der Waals surface area contributed by atoms with Crippen molar-refractivity contribution in [1.29, 1.82) is 0 Å². The molecule has 0 saturated carbocycles.